The lowest BCUT2D eigenvalue weighted by molar-refractivity contribution is -0.00943. The summed E-state index contributed by atoms with van der Waals surface area (Å²) in [5.41, 5.74) is 0.674. The molecule has 14 heavy (non-hydrogen) atoms. The van der Waals surface area contributed by atoms with E-state index >= 15 is 0 Å². The zero-order valence-electron chi connectivity index (χ0n) is 8.88. The van der Waals surface area contributed by atoms with Crippen LogP contribution in [-0.2, 0) is 6.54 Å². The lowest BCUT2D eigenvalue weighted by Gasteiger charge is -2.19. The van der Waals surface area contributed by atoms with Crippen molar-refractivity contribution in [1.82, 2.24) is 9.78 Å². The lowest BCUT2D eigenvalue weighted by atomic mass is 9.98. The van der Waals surface area contributed by atoms with Crippen molar-refractivity contribution in [3.05, 3.63) is 18.0 Å². The summed E-state index contributed by atoms with van der Waals surface area (Å²) in [6.45, 7) is 6.49. The first-order chi connectivity index (χ1) is 6.56. The van der Waals surface area contributed by atoms with Gasteiger partial charge < -0.3 is 10.2 Å². The van der Waals surface area contributed by atoms with Gasteiger partial charge in [0.15, 0.2) is 0 Å². The second-order valence-electron chi connectivity index (χ2n) is 3.81. The fourth-order valence-corrected chi connectivity index (χ4v) is 1.27. The van der Waals surface area contributed by atoms with Crippen molar-refractivity contribution in [2.75, 3.05) is 0 Å². The van der Waals surface area contributed by atoms with E-state index in [1.165, 1.54) is 0 Å². The number of rotatable bonds is 4. The Balaban J connectivity index is 2.73. The van der Waals surface area contributed by atoms with Crippen molar-refractivity contribution in [3.8, 4) is 0 Å². The van der Waals surface area contributed by atoms with Crippen LogP contribution in [0.2, 0.25) is 0 Å². The van der Waals surface area contributed by atoms with E-state index in [4.69, 9.17) is 0 Å². The first-order valence-electron chi connectivity index (χ1n) is 4.94. The van der Waals surface area contributed by atoms with Crippen molar-refractivity contribution < 1.29 is 10.2 Å². The molecule has 0 aliphatic heterocycles. The van der Waals surface area contributed by atoms with Crippen LogP contribution in [0.4, 0.5) is 0 Å². The quantitative estimate of drug-likeness (QED) is 0.757. The molecule has 0 aliphatic rings. The molecule has 1 aromatic heterocycles. The zero-order valence-corrected chi connectivity index (χ0v) is 8.88. The Morgan fingerprint density at radius 2 is 2.07 bits per heavy atom. The van der Waals surface area contributed by atoms with Crippen LogP contribution in [0.25, 0.3) is 0 Å². The highest BCUT2D eigenvalue weighted by molar-refractivity contribution is 5.09. The van der Waals surface area contributed by atoms with Crippen molar-refractivity contribution >= 4 is 0 Å². The monoisotopic (exact) mass is 198 g/mol. The molecule has 4 heteroatoms. The Bertz CT molecular complexity index is 283. The molecule has 1 rings (SSSR count). The molecule has 0 fully saturated rings. The van der Waals surface area contributed by atoms with E-state index in [1.807, 2.05) is 20.8 Å². The van der Waals surface area contributed by atoms with Gasteiger partial charge in [-0.2, -0.15) is 5.10 Å². The average Bonchev–Trinajstić information content (AvgIpc) is 2.63. The first-order valence-corrected chi connectivity index (χ1v) is 4.94. The van der Waals surface area contributed by atoms with Gasteiger partial charge in [-0.3, -0.25) is 4.68 Å². The summed E-state index contributed by atoms with van der Waals surface area (Å²) >= 11 is 0. The van der Waals surface area contributed by atoms with Crippen molar-refractivity contribution in [3.63, 3.8) is 0 Å². The minimum atomic E-state index is -0.838. The van der Waals surface area contributed by atoms with E-state index in [9.17, 15) is 10.2 Å². The molecule has 0 amide bonds. The summed E-state index contributed by atoms with van der Waals surface area (Å²) in [4.78, 5) is 0. The van der Waals surface area contributed by atoms with Crippen LogP contribution in [0.5, 0.6) is 0 Å². The molecular formula is C10H18N2O2. The molecule has 0 spiro atoms. The van der Waals surface area contributed by atoms with Crippen LogP contribution in [0.1, 0.15) is 32.4 Å². The van der Waals surface area contributed by atoms with Gasteiger partial charge in [0, 0.05) is 18.3 Å². The Morgan fingerprint density at radius 1 is 1.43 bits per heavy atom. The van der Waals surface area contributed by atoms with Crippen LogP contribution in [0.15, 0.2) is 12.4 Å². The molecule has 0 saturated heterocycles. The number of hydrogen-bond donors (Lipinski definition) is 2. The standard InChI is InChI=1S/C10H18N2O2/c1-4-12-6-8(5-11-12)10(14)9(13)7(2)3/h5-7,9-10,13-14H,4H2,1-3H3. The van der Waals surface area contributed by atoms with Crippen LogP contribution < -0.4 is 0 Å². The maximum absolute atomic E-state index is 9.76. The molecule has 1 aromatic rings. The third-order valence-corrected chi connectivity index (χ3v) is 2.33. The summed E-state index contributed by atoms with van der Waals surface area (Å²) in [5, 5.41) is 23.5. The highest BCUT2D eigenvalue weighted by Gasteiger charge is 2.22. The second kappa shape index (κ2) is 4.57. The maximum atomic E-state index is 9.76. The lowest BCUT2D eigenvalue weighted by Crippen LogP contribution is -2.23. The average molecular weight is 198 g/mol. The number of aliphatic hydroxyl groups is 2. The second-order valence-corrected chi connectivity index (χ2v) is 3.81. The number of aryl methyl sites for hydroxylation is 1. The third-order valence-electron chi connectivity index (χ3n) is 2.33. The van der Waals surface area contributed by atoms with E-state index < -0.39 is 12.2 Å². The van der Waals surface area contributed by atoms with Gasteiger partial charge in [0.05, 0.1) is 12.3 Å². The van der Waals surface area contributed by atoms with E-state index in [1.54, 1.807) is 17.1 Å². The number of nitrogens with zero attached hydrogens (tertiary/aromatic N) is 2. The van der Waals surface area contributed by atoms with Gasteiger partial charge in [-0.15, -0.1) is 0 Å². The predicted molar refractivity (Wildman–Crippen MR) is 53.7 cm³/mol. The molecule has 0 bridgehead atoms. The van der Waals surface area contributed by atoms with Gasteiger partial charge >= 0.3 is 0 Å². The van der Waals surface area contributed by atoms with Crippen LogP contribution in [0.3, 0.4) is 0 Å². The molecule has 2 unspecified atom stereocenters. The van der Waals surface area contributed by atoms with Gasteiger partial charge in [0.2, 0.25) is 0 Å². The van der Waals surface area contributed by atoms with Gasteiger partial charge in [0.25, 0.3) is 0 Å². The molecule has 0 radical (unpaired) electrons. The predicted octanol–water partition coefficient (Wildman–Crippen LogP) is 0.953. The molecule has 2 atom stereocenters. The van der Waals surface area contributed by atoms with Gasteiger partial charge in [-0.1, -0.05) is 13.8 Å². The van der Waals surface area contributed by atoms with Crippen molar-refractivity contribution in [2.45, 2.75) is 39.5 Å². The molecule has 0 aliphatic carbocycles. The number of aromatic nitrogens is 2. The minimum Gasteiger partial charge on any atom is -0.390 e. The number of aliphatic hydroxyl groups excluding tert-OH is 2. The minimum absolute atomic E-state index is 0.0370. The van der Waals surface area contributed by atoms with Gasteiger partial charge in [-0.25, -0.2) is 0 Å². The van der Waals surface area contributed by atoms with E-state index in [-0.39, 0.29) is 5.92 Å². The number of hydrogen-bond acceptors (Lipinski definition) is 3. The van der Waals surface area contributed by atoms with Crippen LogP contribution in [-0.4, -0.2) is 26.1 Å². The normalized spacial score (nSPS) is 15.9. The fourth-order valence-electron chi connectivity index (χ4n) is 1.27. The van der Waals surface area contributed by atoms with Crippen LogP contribution in [0, 0.1) is 5.92 Å². The molecule has 80 valence electrons. The summed E-state index contributed by atoms with van der Waals surface area (Å²) in [5.74, 6) is 0.0370. The molecular weight excluding hydrogens is 180 g/mol. The third kappa shape index (κ3) is 2.33. The topological polar surface area (TPSA) is 58.3 Å². The molecule has 2 N–H and O–H groups in total. The summed E-state index contributed by atoms with van der Waals surface area (Å²) in [6.07, 6.45) is 1.79. The Morgan fingerprint density at radius 3 is 2.50 bits per heavy atom. The fraction of sp³-hybridized carbons (Fsp3) is 0.700. The Labute approximate surface area is 84.2 Å². The highest BCUT2D eigenvalue weighted by Crippen LogP contribution is 2.20. The molecule has 0 saturated carbocycles. The smallest absolute Gasteiger partial charge is 0.108 e. The van der Waals surface area contributed by atoms with Gasteiger partial charge in [0.1, 0.15) is 6.10 Å². The van der Waals surface area contributed by atoms with Gasteiger partial charge in [-0.05, 0) is 12.8 Å². The van der Waals surface area contributed by atoms with E-state index in [2.05, 4.69) is 5.10 Å². The molecule has 0 aromatic carbocycles. The summed E-state index contributed by atoms with van der Waals surface area (Å²) in [7, 11) is 0. The van der Waals surface area contributed by atoms with Crippen LogP contribution >= 0.6 is 0 Å². The van der Waals surface area contributed by atoms with E-state index in [0.29, 0.717) is 5.56 Å². The Hall–Kier alpha value is -0.870. The Kier molecular flexibility index (Phi) is 3.66. The molecule has 4 nitrogen and oxygen atoms in total. The highest BCUT2D eigenvalue weighted by atomic mass is 16.3. The van der Waals surface area contributed by atoms with Crippen molar-refractivity contribution in [2.24, 2.45) is 5.92 Å². The summed E-state index contributed by atoms with van der Waals surface area (Å²) in [6, 6.07) is 0. The largest absolute Gasteiger partial charge is 0.390 e. The van der Waals surface area contributed by atoms with Crippen molar-refractivity contribution in [1.29, 1.82) is 0 Å². The first kappa shape index (κ1) is 11.2. The summed E-state index contributed by atoms with van der Waals surface area (Å²) < 4.78 is 1.73. The maximum Gasteiger partial charge on any atom is 0.108 e. The SMILES string of the molecule is CCn1cc(C(O)C(O)C(C)C)cn1. The van der Waals surface area contributed by atoms with E-state index in [0.717, 1.165) is 6.54 Å². The molecule has 1 heterocycles. The zero-order chi connectivity index (χ0) is 10.7.